The molecular weight excluding hydrogens is 805 g/mol. The summed E-state index contributed by atoms with van der Waals surface area (Å²) in [5.41, 5.74) is 0. The van der Waals surface area contributed by atoms with Crippen LogP contribution in [0.3, 0.4) is 0 Å². The van der Waals surface area contributed by atoms with E-state index in [1.807, 2.05) is 0 Å². The van der Waals surface area contributed by atoms with E-state index in [0.29, 0.717) is 19.3 Å². The zero-order valence-corrected chi connectivity index (χ0v) is 44.6. The van der Waals surface area contributed by atoms with Crippen molar-refractivity contribution in [1.29, 1.82) is 0 Å². The average molecular weight is 920 g/mol. The van der Waals surface area contributed by atoms with Crippen molar-refractivity contribution >= 4 is 17.9 Å². The number of unbranched alkanes of at least 4 members (excludes halogenated alkanes) is 38. The van der Waals surface area contributed by atoms with Gasteiger partial charge in [-0.15, -0.1) is 0 Å². The minimum atomic E-state index is -0.763. The zero-order chi connectivity index (χ0) is 47.5. The number of rotatable bonds is 53. The molecule has 0 aliphatic rings. The fourth-order valence-electron chi connectivity index (χ4n) is 9.05. The second-order valence-corrected chi connectivity index (χ2v) is 21.2. The average Bonchev–Trinajstić information content (AvgIpc) is 3.28. The largest absolute Gasteiger partial charge is 0.462 e. The summed E-state index contributed by atoms with van der Waals surface area (Å²) in [6, 6.07) is 0. The van der Waals surface area contributed by atoms with Gasteiger partial charge in [-0.2, -0.15) is 0 Å². The van der Waals surface area contributed by atoms with Crippen LogP contribution in [0, 0.1) is 11.8 Å². The quantitative estimate of drug-likeness (QED) is 0.0344. The number of hydrogen-bond donors (Lipinski definition) is 0. The molecule has 0 aromatic rings. The molecule has 0 spiro atoms. The van der Waals surface area contributed by atoms with Gasteiger partial charge in [-0.1, -0.05) is 291 Å². The summed E-state index contributed by atoms with van der Waals surface area (Å²) in [4.78, 5) is 38.1. The first kappa shape index (κ1) is 63.4. The molecule has 0 unspecified atom stereocenters. The molecule has 0 saturated heterocycles. The Morgan fingerprint density at radius 1 is 0.292 bits per heavy atom. The Kier molecular flexibility index (Phi) is 50.5. The van der Waals surface area contributed by atoms with Gasteiger partial charge in [0.05, 0.1) is 0 Å². The van der Waals surface area contributed by atoms with Gasteiger partial charge in [0.25, 0.3) is 0 Å². The van der Waals surface area contributed by atoms with Crippen LogP contribution in [0.2, 0.25) is 0 Å². The van der Waals surface area contributed by atoms with Gasteiger partial charge in [-0.25, -0.2) is 0 Å². The standard InChI is InChI=1S/C59H114O6/c1-6-7-8-9-10-11-12-13-14-17-21-24-31-36-41-46-51-59(62)65-56(53-64-58(61)50-45-40-35-30-26-25-28-33-38-43-48-55(4)5)52-63-57(60)49-44-39-34-29-23-20-18-15-16-19-22-27-32-37-42-47-54(2)3/h54-56H,6-53H2,1-5H3/t56-/m1/s1. The van der Waals surface area contributed by atoms with Crippen molar-refractivity contribution in [2.24, 2.45) is 11.8 Å². The van der Waals surface area contributed by atoms with Crippen molar-refractivity contribution in [3.8, 4) is 0 Å². The van der Waals surface area contributed by atoms with Crippen molar-refractivity contribution in [3.05, 3.63) is 0 Å². The lowest BCUT2D eigenvalue weighted by molar-refractivity contribution is -0.167. The van der Waals surface area contributed by atoms with E-state index in [1.165, 1.54) is 218 Å². The van der Waals surface area contributed by atoms with Crippen LogP contribution in [0.1, 0.15) is 330 Å². The zero-order valence-electron chi connectivity index (χ0n) is 44.6. The van der Waals surface area contributed by atoms with E-state index < -0.39 is 6.10 Å². The van der Waals surface area contributed by atoms with Gasteiger partial charge in [0, 0.05) is 19.3 Å². The molecule has 6 nitrogen and oxygen atoms in total. The van der Waals surface area contributed by atoms with Crippen LogP contribution in [-0.4, -0.2) is 37.2 Å². The normalized spacial score (nSPS) is 12.0. The maximum atomic E-state index is 12.8. The molecule has 0 radical (unpaired) electrons. The first-order valence-corrected chi connectivity index (χ1v) is 29.2. The summed E-state index contributed by atoms with van der Waals surface area (Å²) in [5.74, 6) is 0.829. The molecular formula is C59H114O6. The Morgan fingerprint density at radius 2 is 0.508 bits per heavy atom. The monoisotopic (exact) mass is 919 g/mol. The van der Waals surface area contributed by atoms with Crippen LogP contribution in [0.15, 0.2) is 0 Å². The highest BCUT2D eigenvalue weighted by Crippen LogP contribution is 2.18. The van der Waals surface area contributed by atoms with E-state index in [-0.39, 0.29) is 31.1 Å². The number of hydrogen-bond acceptors (Lipinski definition) is 6. The van der Waals surface area contributed by atoms with Gasteiger partial charge in [0.1, 0.15) is 13.2 Å². The van der Waals surface area contributed by atoms with E-state index >= 15 is 0 Å². The Labute approximate surface area is 406 Å². The van der Waals surface area contributed by atoms with E-state index in [9.17, 15) is 14.4 Å². The van der Waals surface area contributed by atoms with Gasteiger partial charge in [-0.3, -0.25) is 14.4 Å². The predicted octanol–water partition coefficient (Wildman–Crippen LogP) is 19.3. The van der Waals surface area contributed by atoms with E-state index in [4.69, 9.17) is 14.2 Å². The van der Waals surface area contributed by atoms with Crippen LogP contribution in [0.25, 0.3) is 0 Å². The fourth-order valence-corrected chi connectivity index (χ4v) is 9.05. The SMILES string of the molecule is CCCCCCCCCCCCCCCCCCC(=O)O[C@H](COC(=O)CCCCCCCCCCCCCCCCCC(C)C)COC(=O)CCCCCCCCCCCCC(C)C. The molecule has 0 saturated carbocycles. The molecule has 0 rings (SSSR count). The molecule has 0 N–H and O–H groups in total. The summed E-state index contributed by atoms with van der Waals surface area (Å²) in [6.45, 7) is 11.4. The van der Waals surface area contributed by atoms with Crippen LogP contribution in [0.5, 0.6) is 0 Å². The smallest absolute Gasteiger partial charge is 0.306 e. The third kappa shape index (κ3) is 53.2. The predicted molar refractivity (Wildman–Crippen MR) is 280 cm³/mol. The summed E-state index contributed by atoms with van der Waals surface area (Å²) in [6.07, 6.45) is 55.2. The molecule has 0 aromatic heterocycles. The topological polar surface area (TPSA) is 78.9 Å². The third-order valence-corrected chi connectivity index (χ3v) is 13.5. The van der Waals surface area contributed by atoms with Gasteiger partial charge >= 0.3 is 17.9 Å². The lowest BCUT2D eigenvalue weighted by Gasteiger charge is -2.18. The minimum Gasteiger partial charge on any atom is -0.462 e. The maximum absolute atomic E-state index is 12.8. The second-order valence-electron chi connectivity index (χ2n) is 21.2. The van der Waals surface area contributed by atoms with E-state index in [2.05, 4.69) is 34.6 Å². The van der Waals surface area contributed by atoms with Crippen molar-refractivity contribution in [3.63, 3.8) is 0 Å². The summed E-state index contributed by atoms with van der Waals surface area (Å²) >= 11 is 0. The summed E-state index contributed by atoms with van der Waals surface area (Å²) < 4.78 is 16.9. The van der Waals surface area contributed by atoms with Crippen molar-refractivity contribution in [2.45, 2.75) is 336 Å². The summed E-state index contributed by atoms with van der Waals surface area (Å²) in [5, 5.41) is 0. The number of carbonyl (C=O) groups is 3. The Bertz CT molecular complexity index is 993. The minimum absolute atomic E-state index is 0.0627. The van der Waals surface area contributed by atoms with Crippen molar-refractivity contribution in [2.75, 3.05) is 13.2 Å². The number of ether oxygens (including phenoxy) is 3. The van der Waals surface area contributed by atoms with Crippen molar-refractivity contribution < 1.29 is 28.6 Å². The van der Waals surface area contributed by atoms with Gasteiger partial charge in [0.2, 0.25) is 0 Å². The molecule has 1 atom stereocenters. The molecule has 0 bridgehead atoms. The molecule has 0 fully saturated rings. The molecule has 65 heavy (non-hydrogen) atoms. The Hall–Kier alpha value is -1.59. The van der Waals surface area contributed by atoms with Crippen LogP contribution in [0.4, 0.5) is 0 Å². The van der Waals surface area contributed by atoms with Gasteiger partial charge in [0.15, 0.2) is 6.10 Å². The molecule has 0 aliphatic carbocycles. The van der Waals surface area contributed by atoms with Crippen LogP contribution in [-0.2, 0) is 28.6 Å². The Morgan fingerprint density at radius 3 is 0.754 bits per heavy atom. The highest BCUT2D eigenvalue weighted by Gasteiger charge is 2.19. The maximum Gasteiger partial charge on any atom is 0.306 e. The lowest BCUT2D eigenvalue weighted by Crippen LogP contribution is -2.30. The molecule has 0 heterocycles. The van der Waals surface area contributed by atoms with Crippen LogP contribution < -0.4 is 0 Å². The highest BCUT2D eigenvalue weighted by molar-refractivity contribution is 5.71. The number of carbonyl (C=O) groups excluding carboxylic acids is 3. The van der Waals surface area contributed by atoms with Crippen LogP contribution >= 0.6 is 0 Å². The molecule has 0 amide bonds. The first-order chi connectivity index (χ1) is 31.7. The Balaban J connectivity index is 4.28. The fraction of sp³-hybridized carbons (Fsp3) is 0.949. The molecule has 0 aromatic carbocycles. The molecule has 0 aliphatic heterocycles. The van der Waals surface area contributed by atoms with Crippen molar-refractivity contribution in [1.82, 2.24) is 0 Å². The third-order valence-electron chi connectivity index (χ3n) is 13.5. The molecule has 6 heteroatoms. The lowest BCUT2D eigenvalue weighted by atomic mass is 10.0. The van der Waals surface area contributed by atoms with Gasteiger partial charge in [-0.05, 0) is 31.1 Å². The van der Waals surface area contributed by atoms with E-state index in [0.717, 1.165) is 69.6 Å². The molecule has 386 valence electrons. The summed E-state index contributed by atoms with van der Waals surface area (Å²) in [7, 11) is 0. The first-order valence-electron chi connectivity index (χ1n) is 29.2. The van der Waals surface area contributed by atoms with Gasteiger partial charge < -0.3 is 14.2 Å². The van der Waals surface area contributed by atoms with E-state index in [1.54, 1.807) is 0 Å². The number of esters is 3. The second kappa shape index (κ2) is 51.8. The highest BCUT2D eigenvalue weighted by atomic mass is 16.6.